The predicted molar refractivity (Wildman–Crippen MR) is 67.0 cm³/mol. The minimum atomic E-state index is -0.446. The van der Waals surface area contributed by atoms with Gasteiger partial charge in [0.1, 0.15) is 0 Å². The van der Waals surface area contributed by atoms with Gasteiger partial charge in [-0.2, -0.15) is 0 Å². The van der Waals surface area contributed by atoms with Gasteiger partial charge < -0.3 is 14.8 Å². The van der Waals surface area contributed by atoms with E-state index in [-0.39, 0.29) is 5.91 Å². The molecule has 2 heterocycles. The number of carbonyl (C=O) groups excluding carboxylic acids is 1. The average molecular weight is 250 g/mol. The molecular formula is C13H18N2O3. The van der Waals surface area contributed by atoms with Crippen LogP contribution in [0.3, 0.4) is 0 Å². The fraction of sp³-hybridized carbons (Fsp3) is 0.538. The highest BCUT2D eigenvalue weighted by Crippen LogP contribution is 2.29. The molecule has 0 aliphatic carbocycles. The van der Waals surface area contributed by atoms with E-state index >= 15 is 0 Å². The van der Waals surface area contributed by atoms with Crippen molar-refractivity contribution in [3.05, 3.63) is 24.0 Å². The molecule has 1 aliphatic rings. The normalized spacial score (nSPS) is 16.8. The van der Waals surface area contributed by atoms with Crippen molar-refractivity contribution in [2.75, 3.05) is 18.5 Å². The van der Waals surface area contributed by atoms with E-state index in [0.29, 0.717) is 18.9 Å². The van der Waals surface area contributed by atoms with E-state index in [4.69, 9.17) is 9.47 Å². The summed E-state index contributed by atoms with van der Waals surface area (Å²) in [4.78, 5) is 16.0. The SMILES string of the molecule is CC(C)(C)C(=O)Nc1ccncc1C1OCCO1. The summed E-state index contributed by atoms with van der Waals surface area (Å²) < 4.78 is 10.9. The van der Waals surface area contributed by atoms with E-state index in [2.05, 4.69) is 10.3 Å². The number of ether oxygens (including phenoxy) is 2. The van der Waals surface area contributed by atoms with E-state index in [0.717, 1.165) is 5.56 Å². The fourth-order valence-corrected chi connectivity index (χ4v) is 1.56. The summed E-state index contributed by atoms with van der Waals surface area (Å²) in [5.41, 5.74) is 1.00. The zero-order valence-electron chi connectivity index (χ0n) is 10.9. The largest absolute Gasteiger partial charge is 0.346 e. The van der Waals surface area contributed by atoms with Gasteiger partial charge in [-0.25, -0.2) is 0 Å². The molecule has 1 aromatic heterocycles. The smallest absolute Gasteiger partial charge is 0.229 e. The highest BCUT2D eigenvalue weighted by Gasteiger charge is 2.25. The second-order valence-electron chi connectivity index (χ2n) is 5.24. The van der Waals surface area contributed by atoms with Crippen LogP contribution in [0.15, 0.2) is 18.5 Å². The lowest BCUT2D eigenvalue weighted by Crippen LogP contribution is -2.28. The Kier molecular flexibility index (Phi) is 3.63. The molecular weight excluding hydrogens is 232 g/mol. The third-order valence-electron chi connectivity index (χ3n) is 2.66. The van der Waals surface area contributed by atoms with Crippen molar-refractivity contribution in [1.29, 1.82) is 0 Å². The van der Waals surface area contributed by atoms with Crippen LogP contribution in [0.5, 0.6) is 0 Å². The van der Waals surface area contributed by atoms with Crippen LogP contribution in [0, 0.1) is 5.41 Å². The summed E-state index contributed by atoms with van der Waals surface area (Å²) in [5.74, 6) is -0.0482. The van der Waals surface area contributed by atoms with Crippen LogP contribution in [0.1, 0.15) is 32.6 Å². The molecule has 1 saturated heterocycles. The van der Waals surface area contributed by atoms with Crippen molar-refractivity contribution in [3.8, 4) is 0 Å². The molecule has 0 radical (unpaired) electrons. The number of nitrogens with zero attached hydrogens (tertiary/aromatic N) is 1. The quantitative estimate of drug-likeness (QED) is 0.873. The Balaban J connectivity index is 2.20. The molecule has 0 atom stereocenters. The van der Waals surface area contributed by atoms with Gasteiger partial charge in [-0.15, -0.1) is 0 Å². The van der Waals surface area contributed by atoms with Crippen LogP contribution in [0.4, 0.5) is 5.69 Å². The fourth-order valence-electron chi connectivity index (χ4n) is 1.56. The Labute approximate surface area is 107 Å². The van der Waals surface area contributed by atoms with Crippen molar-refractivity contribution < 1.29 is 14.3 Å². The van der Waals surface area contributed by atoms with Crippen LogP contribution in [-0.2, 0) is 14.3 Å². The number of pyridine rings is 1. The number of carbonyl (C=O) groups is 1. The van der Waals surface area contributed by atoms with Gasteiger partial charge >= 0.3 is 0 Å². The first-order chi connectivity index (χ1) is 8.48. The van der Waals surface area contributed by atoms with Crippen LogP contribution in [-0.4, -0.2) is 24.1 Å². The molecule has 0 saturated carbocycles. The maximum atomic E-state index is 12.0. The van der Waals surface area contributed by atoms with Crippen molar-refractivity contribution in [1.82, 2.24) is 4.98 Å². The molecule has 2 rings (SSSR count). The zero-order chi connectivity index (χ0) is 13.2. The van der Waals surface area contributed by atoms with Crippen LogP contribution >= 0.6 is 0 Å². The molecule has 0 unspecified atom stereocenters. The highest BCUT2D eigenvalue weighted by atomic mass is 16.7. The number of rotatable bonds is 2. The van der Waals surface area contributed by atoms with Crippen LogP contribution in [0.25, 0.3) is 0 Å². The molecule has 5 nitrogen and oxygen atoms in total. The molecule has 0 spiro atoms. The van der Waals surface area contributed by atoms with E-state index in [1.54, 1.807) is 18.5 Å². The Hall–Kier alpha value is -1.46. The number of hydrogen-bond donors (Lipinski definition) is 1. The molecule has 5 heteroatoms. The molecule has 0 bridgehead atoms. The summed E-state index contributed by atoms with van der Waals surface area (Å²) in [6, 6.07) is 1.75. The first kappa shape index (κ1) is 13.0. The maximum absolute atomic E-state index is 12.0. The molecule has 1 amide bonds. The summed E-state index contributed by atoms with van der Waals surface area (Å²) in [6.45, 7) is 6.72. The topological polar surface area (TPSA) is 60.5 Å². The molecule has 98 valence electrons. The predicted octanol–water partition coefficient (Wildman–Crippen LogP) is 2.11. The second-order valence-corrected chi connectivity index (χ2v) is 5.24. The molecule has 0 aromatic carbocycles. The van der Waals surface area contributed by atoms with Crippen molar-refractivity contribution in [3.63, 3.8) is 0 Å². The molecule has 18 heavy (non-hydrogen) atoms. The zero-order valence-corrected chi connectivity index (χ0v) is 10.9. The van der Waals surface area contributed by atoms with Gasteiger partial charge in [0.25, 0.3) is 0 Å². The van der Waals surface area contributed by atoms with Gasteiger partial charge in [-0.05, 0) is 6.07 Å². The highest BCUT2D eigenvalue weighted by molar-refractivity contribution is 5.95. The van der Waals surface area contributed by atoms with Gasteiger partial charge in [0.15, 0.2) is 6.29 Å². The van der Waals surface area contributed by atoms with Crippen LogP contribution < -0.4 is 5.32 Å². The lowest BCUT2D eigenvalue weighted by Gasteiger charge is -2.20. The average Bonchev–Trinajstić information content (AvgIpc) is 2.82. The van der Waals surface area contributed by atoms with E-state index in [1.165, 1.54) is 0 Å². The molecule has 1 aromatic rings. The van der Waals surface area contributed by atoms with Gasteiger partial charge in [0.05, 0.1) is 18.9 Å². The molecule has 1 N–H and O–H groups in total. The summed E-state index contributed by atoms with van der Waals surface area (Å²) in [6.07, 6.45) is 2.86. The monoisotopic (exact) mass is 250 g/mol. The Morgan fingerprint density at radius 2 is 2.06 bits per heavy atom. The Morgan fingerprint density at radius 3 is 2.67 bits per heavy atom. The lowest BCUT2D eigenvalue weighted by molar-refractivity contribution is -0.123. The van der Waals surface area contributed by atoms with E-state index < -0.39 is 11.7 Å². The minimum absolute atomic E-state index is 0.0482. The third-order valence-corrected chi connectivity index (χ3v) is 2.66. The van der Waals surface area contributed by atoms with E-state index in [9.17, 15) is 4.79 Å². The second kappa shape index (κ2) is 5.04. The van der Waals surface area contributed by atoms with Crippen molar-refractivity contribution >= 4 is 11.6 Å². The van der Waals surface area contributed by atoms with Crippen molar-refractivity contribution in [2.45, 2.75) is 27.1 Å². The molecule has 1 fully saturated rings. The van der Waals surface area contributed by atoms with Gasteiger partial charge in [-0.3, -0.25) is 9.78 Å². The minimum Gasteiger partial charge on any atom is -0.346 e. The standard InChI is InChI=1S/C13H18N2O3/c1-13(2,3)12(16)15-10-4-5-14-8-9(10)11-17-6-7-18-11/h4-5,8,11H,6-7H2,1-3H3,(H,14,15,16). The van der Waals surface area contributed by atoms with Crippen molar-refractivity contribution in [2.24, 2.45) is 5.41 Å². The number of nitrogens with one attached hydrogen (secondary N) is 1. The number of hydrogen-bond acceptors (Lipinski definition) is 4. The van der Waals surface area contributed by atoms with Crippen LogP contribution in [0.2, 0.25) is 0 Å². The summed E-state index contributed by atoms with van der Waals surface area (Å²) in [7, 11) is 0. The van der Waals surface area contributed by atoms with Gasteiger partial charge in [0.2, 0.25) is 5.91 Å². The summed E-state index contributed by atoms with van der Waals surface area (Å²) in [5, 5.41) is 2.89. The maximum Gasteiger partial charge on any atom is 0.229 e. The Bertz CT molecular complexity index is 434. The Morgan fingerprint density at radius 1 is 1.39 bits per heavy atom. The van der Waals surface area contributed by atoms with E-state index in [1.807, 2.05) is 20.8 Å². The number of anilines is 1. The number of amides is 1. The lowest BCUT2D eigenvalue weighted by atomic mass is 9.95. The third kappa shape index (κ3) is 2.86. The first-order valence-corrected chi connectivity index (χ1v) is 5.97. The molecule has 1 aliphatic heterocycles. The number of aromatic nitrogens is 1. The van der Waals surface area contributed by atoms with Gasteiger partial charge in [-0.1, -0.05) is 20.8 Å². The summed E-state index contributed by atoms with van der Waals surface area (Å²) >= 11 is 0. The van der Waals surface area contributed by atoms with Gasteiger partial charge in [0, 0.05) is 23.4 Å². The first-order valence-electron chi connectivity index (χ1n) is 5.97.